The van der Waals surface area contributed by atoms with Crippen LogP contribution in [0.25, 0.3) is 0 Å². The van der Waals surface area contributed by atoms with Gasteiger partial charge >= 0.3 is 10.4 Å². The van der Waals surface area contributed by atoms with Crippen LogP contribution < -0.4 is 0 Å². The predicted octanol–water partition coefficient (Wildman–Crippen LogP) is 0.870. The van der Waals surface area contributed by atoms with E-state index in [4.69, 9.17) is 4.55 Å². The highest BCUT2D eigenvalue weighted by Crippen LogP contribution is 1.95. The van der Waals surface area contributed by atoms with Gasteiger partial charge in [-0.25, -0.2) is 0 Å². The first kappa shape index (κ1) is 16.7. The summed E-state index contributed by atoms with van der Waals surface area (Å²) in [5.74, 6) is 0. The molecule has 0 aromatic heterocycles. The molecule has 0 aromatic carbocycles. The maximum Gasteiger partial charge on any atom is 0.397 e. The molecule has 0 radical (unpaired) electrons. The number of rotatable bonds is 5. The van der Waals surface area contributed by atoms with Crippen molar-refractivity contribution in [2.24, 2.45) is 0 Å². The van der Waals surface area contributed by atoms with Crippen LogP contribution in [0.15, 0.2) is 25.3 Å². The van der Waals surface area contributed by atoms with Crippen LogP contribution in [0.3, 0.4) is 0 Å². The lowest BCUT2D eigenvalue weighted by Gasteiger charge is -2.26. The van der Waals surface area contributed by atoms with Crippen LogP contribution >= 0.6 is 0 Å². The van der Waals surface area contributed by atoms with E-state index in [0.717, 1.165) is 24.7 Å². The lowest BCUT2D eigenvalue weighted by Crippen LogP contribution is -2.39. The summed E-state index contributed by atoms with van der Waals surface area (Å²) in [6, 6.07) is 0. The summed E-state index contributed by atoms with van der Waals surface area (Å²) in [7, 11) is 1.02. The molecular weight excluding hydrogens is 218 g/mol. The first-order valence-corrected chi connectivity index (χ1v) is 5.62. The van der Waals surface area contributed by atoms with Gasteiger partial charge in [0.25, 0.3) is 0 Å². The fourth-order valence-electron chi connectivity index (χ4n) is 0.774. The largest absolute Gasteiger partial charge is 0.397 e. The Hall–Kier alpha value is -0.690. The van der Waals surface area contributed by atoms with E-state index in [1.165, 1.54) is 0 Å². The van der Waals surface area contributed by atoms with Gasteiger partial charge in [0, 0.05) is 0 Å². The molecule has 0 spiro atoms. The minimum absolute atomic E-state index is 0.870. The van der Waals surface area contributed by atoms with Gasteiger partial charge in [-0.2, -0.15) is 8.42 Å². The van der Waals surface area contributed by atoms with Gasteiger partial charge in [0.1, 0.15) is 0 Å². The summed E-state index contributed by atoms with van der Waals surface area (Å²) in [5.41, 5.74) is 0. The highest BCUT2D eigenvalue weighted by molar-refractivity contribution is 7.80. The van der Waals surface area contributed by atoms with Gasteiger partial charge in [0.15, 0.2) is 0 Å². The molecule has 0 unspecified atom stereocenters. The van der Waals surface area contributed by atoms with Crippen LogP contribution in [0.5, 0.6) is 0 Å². The van der Waals surface area contributed by atoms with Crippen molar-refractivity contribution < 1.29 is 21.6 Å². The second-order valence-corrected chi connectivity index (χ2v) is 4.66. The summed E-state index contributed by atoms with van der Waals surface area (Å²) in [6.07, 6.45) is 3.87. The van der Waals surface area contributed by atoms with Crippen molar-refractivity contribution in [3.05, 3.63) is 25.3 Å². The third kappa shape index (κ3) is 16.0. The fraction of sp³-hybridized carbons (Fsp3) is 0.556. The number of hydrogen-bond donors (Lipinski definition) is 1. The highest BCUT2D eigenvalue weighted by atomic mass is 32.3. The minimum Gasteiger partial charge on any atom is -0.322 e. The van der Waals surface area contributed by atoms with E-state index in [1.54, 1.807) is 0 Å². The Kier molecular flexibility index (Phi) is 8.46. The standard InChI is InChI=1S/C8H16N.CH4O4S/c1-5-7-9(3,4)8-6-2;1-5-6(2,3)4/h5-6H,1-2,7-8H2,3-4H3;1H3,(H,2,3,4)/q+1;. The summed E-state index contributed by atoms with van der Waals surface area (Å²) in [5, 5.41) is 0. The maximum absolute atomic E-state index is 9.33. The highest BCUT2D eigenvalue weighted by Gasteiger charge is 2.07. The molecule has 0 atom stereocenters. The molecule has 0 bridgehead atoms. The summed E-state index contributed by atoms with van der Waals surface area (Å²) < 4.78 is 30.7. The van der Waals surface area contributed by atoms with Crippen LogP contribution in [0.4, 0.5) is 0 Å². The van der Waals surface area contributed by atoms with E-state index in [-0.39, 0.29) is 0 Å². The Bertz CT molecular complexity index is 270. The van der Waals surface area contributed by atoms with Crippen LogP contribution in [0, 0.1) is 0 Å². The number of hydrogen-bond acceptors (Lipinski definition) is 3. The zero-order valence-corrected chi connectivity index (χ0v) is 10.3. The zero-order chi connectivity index (χ0) is 12.5. The average Bonchev–Trinajstić information content (AvgIpc) is 2.03. The Labute approximate surface area is 92.2 Å². The molecule has 0 aliphatic heterocycles. The molecule has 90 valence electrons. The van der Waals surface area contributed by atoms with Gasteiger partial charge in [0.05, 0.1) is 34.3 Å². The second-order valence-electron chi connectivity index (χ2n) is 3.47. The second kappa shape index (κ2) is 7.58. The normalized spacial score (nSPS) is 11.2. The van der Waals surface area contributed by atoms with E-state index in [9.17, 15) is 8.42 Å². The Morgan fingerprint density at radius 1 is 1.27 bits per heavy atom. The van der Waals surface area contributed by atoms with Gasteiger partial charge in [-0.15, -0.1) is 0 Å². The fourth-order valence-corrected chi connectivity index (χ4v) is 0.774. The Morgan fingerprint density at radius 2 is 1.53 bits per heavy atom. The van der Waals surface area contributed by atoms with Crippen molar-refractivity contribution in [2.45, 2.75) is 0 Å². The van der Waals surface area contributed by atoms with Crippen molar-refractivity contribution in [3.63, 3.8) is 0 Å². The molecule has 0 saturated carbocycles. The van der Waals surface area contributed by atoms with Gasteiger partial charge in [-0.1, -0.05) is 13.2 Å². The molecule has 0 fully saturated rings. The third-order valence-electron chi connectivity index (χ3n) is 1.46. The first-order valence-electron chi connectivity index (χ1n) is 4.25. The van der Waals surface area contributed by atoms with Gasteiger partial charge in [0.2, 0.25) is 0 Å². The molecule has 0 amide bonds. The molecule has 15 heavy (non-hydrogen) atoms. The summed E-state index contributed by atoms with van der Waals surface area (Å²) in [6.45, 7) is 9.37. The van der Waals surface area contributed by atoms with Gasteiger partial charge < -0.3 is 4.48 Å². The van der Waals surface area contributed by atoms with Crippen molar-refractivity contribution in [2.75, 3.05) is 34.3 Å². The lowest BCUT2D eigenvalue weighted by molar-refractivity contribution is -0.878. The van der Waals surface area contributed by atoms with Gasteiger partial charge in [-0.05, 0) is 12.2 Å². The molecule has 0 aliphatic carbocycles. The molecule has 0 heterocycles. The smallest absolute Gasteiger partial charge is 0.322 e. The van der Waals surface area contributed by atoms with Crippen LogP contribution in [-0.4, -0.2) is 51.7 Å². The van der Waals surface area contributed by atoms with E-state index < -0.39 is 10.4 Å². The van der Waals surface area contributed by atoms with Crippen molar-refractivity contribution in [3.8, 4) is 0 Å². The quantitative estimate of drug-likeness (QED) is 0.438. The third-order valence-corrected chi connectivity index (χ3v) is 1.88. The minimum atomic E-state index is -4.16. The van der Waals surface area contributed by atoms with E-state index in [0.29, 0.717) is 0 Å². The molecule has 1 N–H and O–H groups in total. The van der Waals surface area contributed by atoms with Crippen LogP contribution in [-0.2, 0) is 14.6 Å². The summed E-state index contributed by atoms with van der Waals surface area (Å²) in [4.78, 5) is 0. The van der Waals surface area contributed by atoms with Gasteiger partial charge in [-0.3, -0.25) is 8.74 Å². The number of nitrogens with zero attached hydrogens (tertiary/aromatic N) is 1. The molecular formula is C9H20NO4S+. The molecule has 6 heteroatoms. The Balaban J connectivity index is 0. The van der Waals surface area contributed by atoms with E-state index in [1.807, 2.05) is 12.2 Å². The molecule has 0 aromatic rings. The SMILES string of the molecule is C=CC[N+](C)(C)CC=C.COS(=O)(=O)O. The zero-order valence-electron chi connectivity index (χ0n) is 9.51. The molecule has 0 rings (SSSR count). The van der Waals surface area contributed by atoms with E-state index >= 15 is 0 Å². The number of likely N-dealkylation sites (N-methyl/N-ethyl adjacent to an activating group) is 1. The first-order chi connectivity index (χ1) is 6.68. The van der Waals surface area contributed by atoms with Crippen molar-refractivity contribution >= 4 is 10.4 Å². The van der Waals surface area contributed by atoms with Crippen LogP contribution in [0.1, 0.15) is 0 Å². The molecule has 0 saturated heterocycles. The summed E-state index contributed by atoms with van der Waals surface area (Å²) >= 11 is 0. The average molecular weight is 238 g/mol. The number of quaternary nitrogens is 1. The van der Waals surface area contributed by atoms with Crippen molar-refractivity contribution in [1.82, 2.24) is 0 Å². The lowest BCUT2D eigenvalue weighted by atomic mass is 10.4. The maximum atomic E-state index is 9.33. The molecule has 0 aliphatic rings. The Morgan fingerprint density at radius 3 is 1.67 bits per heavy atom. The molecule has 5 nitrogen and oxygen atoms in total. The van der Waals surface area contributed by atoms with Crippen molar-refractivity contribution in [1.29, 1.82) is 0 Å². The monoisotopic (exact) mass is 238 g/mol. The topological polar surface area (TPSA) is 63.6 Å². The van der Waals surface area contributed by atoms with Crippen LogP contribution in [0.2, 0.25) is 0 Å². The van der Waals surface area contributed by atoms with E-state index in [2.05, 4.69) is 31.4 Å². The predicted molar refractivity (Wildman–Crippen MR) is 60.8 cm³/mol.